The highest BCUT2D eigenvalue weighted by Crippen LogP contribution is 2.25. The van der Waals surface area contributed by atoms with Crippen LogP contribution in [0.15, 0.2) is 22.8 Å². The molecule has 1 aliphatic heterocycles. The fourth-order valence-electron chi connectivity index (χ4n) is 2.72. The SMILES string of the molecule is CCN(Cc1ccco1)C(CN)C1CCC(C)O1. The Labute approximate surface area is 109 Å². The summed E-state index contributed by atoms with van der Waals surface area (Å²) in [6.45, 7) is 6.68. The number of hydrogen-bond acceptors (Lipinski definition) is 4. The second-order valence-corrected chi connectivity index (χ2v) is 5.01. The predicted octanol–water partition coefficient (Wildman–Crippen LogP) is 2.00. The molecule has 1 saturated heterocycles. The van der Waals surface area contributed by atoms with Gasteiger partial charge in [0.2, 0.25) is 0 Å². The molecule has 2 heterocycles. The van der Waals surface area contributed by atoms with Gasteiger partial charge in [-0.2, -0.15) is 0 Å². The average Bonchev–Trinajstić information content (AvgIpc) is 3.01. The minimum absolute atomic E-state index is 0.264. The molecule has 0 saturated carbocycles. The molecule has 2 N–H and O–H groups in total. The molecule has 1 fully saturated rings. The lowest BCUT2D eigenvalue weighted by Crippen LogP contribution is -2.47. The molecule has 0 bridgehead atoms. The van der Waals surface area contributed by atoms with Crippen LogP contribution in [0.5, 0.6) is 0 Å². The fourth-order valence-corrected chi connectivity index (χ4v) is 2.72. The Morgan fingerprint density at radius 3 is 2.83 bits per heavy atom. The van der Waals surface area contributed by atoms with Gasteiger partial charge in [0.15, 0.2) is 0 Å². The molecule has 18 heavy (non-hydrogen) atoms. The minimum Gasteiger partial charge on any atom is -0.468 e. The van der Waals surface area contributed by atoms with E-state index in [0.717, 1.165) is 31.7 Å². The maximum Gasteiger partial charge on any atom is 0.117 e. The summed E-state index contributed by atoms with van der Waals surface area (Å²) < 4.78 is 11.4. The van der Waals surface area contributed by atoms with Crippen LogP contribution in [-0.2, 0) is 11.3 Å². The lowest BCUT2D eigenvalue weighted by atomic mass is 10.1. The van der Waals surface area contributed by atoms with Crippen molar-refractivity contribution in [2.45, 2.75) is 51.5 Å². The van der Waals surface area contributed by atoms with Gasteiger partial charge in [-0.25, -0.2) is 0 Å². The monoisotopic (exact) mass is 252 g/mol. The van der Waals surface area contributed by atoms with Gasteiger partial charge in [-0.05, 0) is 38.4 Å². The number of furan rings is 1. The third-order valence-electron chi connectivity index (χ3n) is 3.75. The molecule has 0 aliphatic carbocycles. The van der Waals surface area contributed by atoms with Crippen molar-refractivity contribution < 1.29 is 9.15 Å². The highest BCUT2D eigenvalue weighted by molar-refractivity contribution is 4.99. The van der Waals surface area contributed by atoms with Crippen molar-refractivity contribution in [1.82, 2.24) is 4.90 Å². The Balaban J connectivity index is 1.99. The van der Waals surface area contributed by atoms with E-state index in [9.17, 15) is 0 Å². The molecular formula is C14H24N2O2. The highest BCUT2D eigenvalue weighted by Gasteiger charge is 2.32. The van der Waals surface area contributed by atoms with Crippen molar-refractivity contribution in [3.63, 3.8) is 0 Å². The quantitative estimate of drug-likeness (QED) is 0.841. The molecule has 0 amide bonds. The molecular weight excluding hydrogens is 228 g/mol. The van der Waals surface area contributed by atoms with Crippen LogP contribution < -0.4 is 5.73 Å². The summed E-state index contributed by atoms with van der Waals surface area (Å²) in [5.41, 5.74) is 5.95. The Kier molecular flexibility index (Phi) is 4.80. The Bertz CT molecular complexity index is 340. The predicted molar refractivity (Wildman–Crippen MR) is 71.2 cm³/mol. The smallest absolute Gasteiger partial charge is 0.117 e. The molecule has 2 rings (SSSR count). The first-order valence-corrected chi connectivity index (χ1v) is 6.86. The Morgan fingerprint density at radius 1 is 1.50 bits per heavy atom. The summed E-state index contributed by atoms with van der Waals surface area (Å²) in [5, 5.41) is 0. The second kappa shape index (κ2) is 6.36. The van der Waals surface area contributed by atoms with Crippen LogP contribution >= 0.6 is 0 Å². The highest BCUT2D eigenvalue weighted by atomic mass is 16.5. The van der Waals surface area contributed by atoms with Crippen LogP contribution in [0.4, 0.5) is 0 Å². The molecule has 102 valence electrons. The van der Waals surface area contributed by atoms with Crippen molar-refractivity contribution in [2.24, 2.45) is 5.73 Å². The lowest BCUT2D eigenvalue weighted by molar-refractivity contribution is -0.00696. The van der Waals surface area contributed by atoms with E-state index in [1.165, 1.54) is 0 Å². The number of likely N-dealkylation sites (N-methyl/N-ethyl adjacent to an activating group) is 1. The maximum atomic E-state index is 5.96. The maximum absolute atomic E-state index is 5.96. The van der Waals surface area contributed by atoms with Crippen molar-refractivity contribution in [3.8, 4) is 0 Å². The molecule has 1 aromatic heterocycles. The average molecular weight is 252 g/mol. The zero-order valence-corrected chi connectivity index (χ0v) is 11.3. The summed E-state index contributed by atoms with van der Waals surface area (Å²) in [6.07, 6.45) is 4.60. The van der Waals surface area contributed by atoms with Crippen molar-refractivity contribution >= 4 is 0 Å². The van der Waals surface area contributed by atoms with Crippen LogP contribution in [0.3, 0.4) is 0 Å². The summed E-state index contributed by atoms with van der Waals surface area (Å²) in [4.78, 5) is 2.35. The summed E-state index contributed by atoms with van der Waals surface area (Å²) in [7, 11) is 0. The van der Waals surface area contributed by atoms with Crippen molar-refractivity contribution in [1.29, 1.82) is 0 Å². The number of nitrogens with two attached hydrogens (primary N) is 1. The van der Waals surface area contributed by atoms with Gasteiger partial charge in [0.05, 0.1) is 25.0 Å². The van der Waals surface area contributed by atoms with Gasteiger partial charge in [-0.1, -0.05) is 6.92 Å². The van der Waals surface area contributed by atoms with Crippen molar-refractivity contribution in [3.05, 3.63) is 24.2 Å². The van der Waals surface area contributed by atoms with E-state index in [-0.39, 0.29) is 12.1 Å². The first-order valence-electron chi connectivity index (χ1n) is 6.86. The molecule has 1 aromatic rings. The van der Waals surface area contributed by atoms with E-state index >= 15 is 0 Å². The van der Waals surface area contributed by atoms with Crippen LogP contribution in [0.1, 0.15) is 32.4 Å². The largest absolute Gasteiger partial charge is 0.468 e. The molecule has 4 heteroatoms. The van der Waals surface area contributed by atoms with Crippen molar-refractivity contribution in [2.75, 3.05) is 13.1 Å². The van der Waals surface area contributed by atoms with Crippen LogP contribution in [0.2, 0.25) is 0 Å². The number of hydrogen-bond donors (Lipinski definition) is 1. The standard InChI is InChI=1S/C14H24N2O2/c1-3-16(10-12-5-4-8-17-12)13(9-15)14-7-6-11(2)18-14/h4-5,8,11,13-14H,3,6-7,9-10,15H2,1-2H3. The van der Waals surface area contributed by atoms with Gasteiger partial charge in [0, 0.05) is 12.6 Å². The van der Waals surface area contributed by atoms with Gasteiger partial charge in [0.25, 0.3) is 0 Å². The van der Waals surface area contributed by atoms with Gasteiger partial charge in [-0.3, -0.25) is 4.90 Å². The van der Waals surface area contributed by atoms with Gasteiger partial charge in [-0.15, -0.1) is 0 Å². The third kappa shape index (κ3) is 3.13. The van der Waals surface area contributed by atoms with E-state index in [1.54, 1.807) is 6.26 Å². The fraction of sp³-hybridized carbons (Fsp3) is 0.714. The lowest BCUT2D eigenvalue weighted by Gasteiger charge is -2.33. The second-order valence-electron chi connectivity index (χ2n) is 5.01. The van der Waals surface area contributed by atoms with E-state index in [0.29, 0.717) is 12.6 Å². The van der Waals surface area contributed by atoms with E-state index in [2.05, 4.69) is 18.7 Å². The Morgan fingerprint density at radius 2 is 2.33 bits per heavy atom. The van der Waals surface area contributed by atoms with E-state index < -0.39 is 0 Å². The molecule has 3 unspecified atom stereocenters. The minimum atomic E-state index is 0.264. The van der Waals surface area contributed by atoms with Gasteiger partial charge >= 0.3 is 0 Å². The van der Waals surface area contributed by atoms with Crippen LogP contribution in [-0.4, -0.2) is 36.2 Å². The molecule has 0 aromatic carbocycles. The van der Waals surface area contributed by atoms with E-state index in [4.69, 9.17) is 14.9 Å². The summed E-state index contributed by atoms with van der Waals surface area (Å²) >= 11 is 0. The topological polar surface area (TPSA) is 51.6 Å². The first kappa shape index (κ1) is 13.6. The number of ether oxygens (including phenoxy) is 1. The normalized spacial score (nSPS) is 25.8. The number of rotatable bonds is 6. The molecule has 1 aliphatic rings. The van der Waals surface area contributed by atoms with Gasteiger partial charge in [0.1, 0.15) is 5.76 Å². The van der Waals surface area contributed by atoms with Gasteiger partial charge < -0.3 is 14.9 Å². The summed E-state index contributed by atoms with van der Waals surface area (Å²) in [6, 6.07) is 4.22. The number of nitrogens with zero attached hydrogens (tertiary/aromatic N) is 1. The zero-order chi connectivity index (χ0) is 13.0. The molecule has 0 spiro atoms. The molecule has 0 radical (unpaired) electrons. The molecule has 3 atom stereocenters. The zero-order valence-electron chi connectivity index (χ0n) is 11.3. The summed E-state index contributed by atoms with van der Waals surface area (Å²) in [5.74, 6) is 0.987. The Hall–Kier alpha value is -0.840. The first-order chi connectivity index (χ1) is 8.74. The van der Waals surface area contributed by atoms with Crippen LogP contribution in [0.25, 0.3) is 0 Å². The third-order valence-corrected chi connectivity index (χ3v) is 3.75. The molecule has 4 nitrogen and oxygen atoms in total. The van der Waals surface area contributed by atoms with Crippen LogP contribution in [0, 0.1) is 0 Å². The van der Waals surface area contributed by atoms with E-state index in [1.807, 2.05) is 12.1 Å².